The van der Waals surface area contributed by atoms with Crippen molar-refractivity contribution in [2.75, 3.05) is 5.75 Å². The molecule has 126 valence electrons. The third-order valence-corrected chi connectivity index (χ3v) is 5.70. The number of pyridine rings is 1. The maximum Gasteiger partial charge on any atom is 0.243 e. The SMILES string of the molecule is Cc1ccc(CNC(=O)[C@H]2CSC(C)(C)C(=O)N2)c2cccnc12. The van der Waals surface area contributed by atoms with E-state index in [2.05, 4.69) is 15.6 Å². The van der Waals surface area contributed by atoms with Crippen LogP contribution < -0.4 is 10.6 Å². The maximum atomic E-state index is 12.4. The normalized spacial score (nSPS) is 19.8. The molecule has 5 nitrogen and oxygen atoms in total. The zero-order chi connectivity index (χ0) is 17.3. The molecule has 1 aliphatic heterocycles. The van der Waals surface area contributed by atoms with Crippen molar-refractivity contribution in [1.82, 2.24) is 15.6 Å². The first-order valence-corrected chi connectivity index (χ1v) is 8.93. The molecule has 3 rings (SSSR count). The van der Waals surface area contributed by atoms with Crippen molar-refractivity contribution < 1.29 is 9.59 Å². The molecule has 24 heavy (non-hydrogen) atoms. The summed E-state index contributed by atoms with van der Waals surface area (Å²) in [5, 5.41) is 6.78. The molecule has 2 heterocycles. The molecule has 1 aromatic carbocycles. The lowest BCUT2D eigenvalue weighted by Gasteiger charge is -2.32. The number of nitrogens with zero attached hydrogens (tertiary/aromatic N) is 1. The number of carbonyl (C=O) groups is 2. The van der Waals surface area contributed by atoms with Crippen molar-refractivity contribution in [2.24, 2.45) is 0 Å². The molecular formula is C18H21N3O2S. The van der Waals surface area contributed by atoms with Crippen molar-refractivity contribution in [3.8, 4) is 0 Å². The summed E-state index contributed by atoms with van der Waals surface area (Å²) in [6.07, 6.45) is 1.77. The van der Waals surface area contributed by atoms with E-state index >= 15 is 0 Å². The van der Waals surface area contributed by atoms with Gasteiger partial charge >= 0.3 is 0 Å². The van der Waals surface area contributed by atoms with Crippen LogP contribution in [0.3, 0.4) is 0 Å². The lowest BCUT2D eigenvalue weighted by atomic mass is 10.0. The highest BCUT2D eigenvalue weighted by atomic mass is 32.2. The molecule has 1 aliphatic rings. The quantitative estimate of drug-likeness (QED) is 0.896. The number of nitrogens with one attached hydrogen (secondary N) is 2. The molecule has 1 atom stereocenters. The Kier molecular flexibility index (Phi) is 4.49. The highest BCUT2D eigenvalue weighted by molar-refractivity contribution is 8.01. The monoisotopic (exact) mass is 343 g/mol. The Morgan fingerprint density at radius 3 is 2.96 bits per heavy atom. The van der Waals surface area contributed by atoms with Crippen LogP contribution in [0.1, 0.15) is 25.0 Å². The Bertz CT molecular complexity index is 804. The number of aryl methyl sites for hydroxylation is 1. The molecule has 6 heteroatoms. The number of aromatic nitrogens is 1. The average Bonchev–Trinajstić information content (AvgIpc) is 2.57. The van der Waals surface area contributed by atoms with E-state index in [0.717, 1.165) is 22.0 Å². The lowest BCUT2D eigenvalue weighted by molar-refractivity contribution is -0.129. The number of hydrogen-bond acceptors (Lipinski definition) is 4. The molecule has 2 aromatic rings. The minimum atomic E-state index is -0.481. The number of hydrogen-bond donors (Lipinski definition) is 2. The Morgan fingerprint density at radius 1 is 1.42 bits per heavy atom. The van der Waals surface area contributed by atoms with Crippen LogP contribution in [0.2, 0.25) is 0 Å². The van der Waals surface area contributed by atoms with Crippen molar-refractivity contribution in [3.63, 3.8) is 0 Å². The number of carbonyl (C=O) groups excluding carboxylic acids is 2. The summed E-state index contributed by atoms with van der Waals surface area (Å²) in [6.45, 7) is 6.18. The number of rotatable bonds is 3. The number of thioether (sulfide) groups is 1. The van der Waals surface area contributed by atoms with Gasteiger partial charge in [0.15, 0.2) is 0 Å². The van der Waals surface area contributed by atoms with Gasteiger partial charge in [-0.3, -0.25) is 14.6 Å². The zero-order valence-corrected chi connectivity index (χ0v) is 14.9. The van der Waals surface area contributed by atoms with Crippen LogP contribution in [0.5, 0.6) is 0 Å². The van der Waals surface area contributed by atoms with E-state index in [0.29, 0.717) is 12.3 Å². The summed E-state index contributed by atoms with van der Waals surface area (Å²) in [5.74, 6) is 0.341. The molecule has 1 aromatic heterocycles. The first-order valence-electron chi connectivity index (χ1n) is 7.94. The van der Waals surface area contributed by atoms with Crippen LogP contribution in [-0.4, -0.2) is 33.3 Å². The van der Waals surface area contributed by atoms with Gasteiger partial charge < -0.3 is 10.6 Å². The minimum Gasteiger partial charge on any atom is -0.350 e. The predicted octanol–water partition coefficient (Wildman–Crippen LogP) is 2.17. The van der Waals surface area contributed by atoms with E-state index in [-0.39, 0.29) is 11.8 Å². The largest absolute Gasteiger partial charge is 0.350 e. The smallest absolute Gasteiger partial charge is 0.243 e. The molecule has 0 spiro atoms. The summed E-state index contributed by atoms with van der Waals surface area (Å²) in [7, 11) is 0. The third-order valence-electron chi connectivity index (χ3n) is 4.29. The van der Waals surface area contributed by atoms with Gasteiger partial charge in [-0.15, -0.1) is 11.8 Å². The minimum absolute atomic E-state index is 0.0936. The van der Waals surface area contributed by atoms with Crippen LogP contribution in [0, 0.1) is 6.92 Å². The highest BCUT2D eigenvalue weighted by Gasteiger charge is 2.37. The van der Waals surface area contributed by atoms with E-state index in [4.69, 9.17) is 0 Å². The van der Waals surface area contributed by atoms with Crippen molar-refractivity contribution >= 4 is 34.5 Å². The van der Waals surface area contributed by atoms with Crippen LogP contribution >= 0.6 is 11.8 Å². The Balaban J connectivity index is 1.69. The van der Waals surface area contributed by atoms with Gasteiger partial charge in [-0.2, -0.15) is 0 Å². The van der Waals surface area contributed by atoms with Crippen molar-refractivity contribution in [3.05, 3.63) is 41.6 Å². The topological polar surface area (TPSA) is 71.1 Å². The van der Waals surface area contributed by atoms with Crippen molar-refractivity contribution in [1.29, 1.82) is 0 Å². The fraction of sp³-hybridized carbons (Fsp3) is 0.389. The lowest BCUT2D eigenvalue weighted by Crippen LogP contribution is -2.57. The van der Waals surface area contributed by atoms with E-state index in [1.54, 1.807) is 6.20 Å². The summed E-state index contributed by atoms with van der Waals surface area (Å²) >= 11 is 1.51. The Morgan fingerprint density at radius 2 is 2.21 bits per heavy atom. The molecule has 0 saturated carbocycles. The van der Waals surface area contributed by atoms with Gasteiger partial charge in [0.2, 0.25) is 11.8 Å². The van der Waals surface area contributed by atoms with Gasteiger partial charge in [0.05, 0.1) is 10.3 Å². The molecule has 0 bridgehead atoms. The van der Waals surface area contributed by atoms with Gasteiger partial charge in [-0.25, -0.2) is 0 Å². The number of benzene rings is 1. The second-order valence-electron chi connectivity index (χ2n) is 6.51. The third kappa shape index (κ3) is 3.24. The second-order valence-corrected chi connectivity index (χ2v) is 8.15. The van der Waals surface area contributed by atoms with E-state index in [9.17, 15) is 9.59 Å². The molecule has 2 N–H and O–H groups in total. The average molecular weight is 343 g/mol. The summed E-state index contributed by atoms with van der Waals surface area (Å²) in [4.78, 5) is 28.8. The van der Waals surface area contributed by atoms with E-state index in [1.807, 2.05) is 45.0 Å². The molecule has 0 unspecified atom stereocenters. The summed E-state index contributed by atoms with van der Waals surface area (Å²) in [6, 6.07) is 7.45. The first-order chi connectivity index (χ1) is 11.4. The van der Waals surface area contributed by atoms with Gasteiger partial charge in [-0.1, -0.05) is 18.2 Å². The summed E-state index contributed by atoms with van der Waals surface area (Å²) in [5.41, 5.74) is 3.08. The standard InChI is InChI=1S/C18H21N3O2S/c1-11-6-7-12(13-5-4-8-19-15(11)13)9-20-16(22)14-10-24-18(2,3)17(23)21-14/h4-8,14H,9-10H2,1-3H3,(H,20,22)(H,21,23)/t14-/m1/s1. The van der Waals surface area contributed by atoms with Crippen LogP contribution in [0.4, 0.5) is 0 Å². The fourth-order valence-corrected chi connectivity index (χ4v) is 3.71. The molecule has 1 fully saturated rings. The van der Waals surface area contributed by atoms with Gasteiger partial charge in [-0.05, 0) is 38.0 Å². The van der Waals surface area contributed by atoms with Gasteiger partial charge in [0.25, 0.3) is 0 Å². The fourth-order valence-electron chi connectivity index (χ4n) is 2.70. The second kappa shape index (κ2) is 6.43. The molecule has 0 radical (unpaired) electrons. The van der Waals surface area contributed by atoms with E-state index < -0.39 is 10.8 Å². The van der Waals surface area contributed by atoms with Gasteiger partial charge in [0, 0.05) is 23.9 Å². The van der Waals surface area contributed by atoms with Crippen LogP contribution in [0.25, 0.3) is 10.9 Å². The zero-order valence-electron chi connectivity index (χ0n) is 14.1. The molecular weight excluding hydrogens is 322 g/mol. The van der Waals surface area contributed by atoms with Gasteiger partial charge in [0.1, 0.15) is 6.04 Å². The van der Waals surface area contributed by atoms with Crippen LogP contribution in [0.15, 0.2) is 30.5 Å². The van der Waals surface area contributed by atoms with Crippen molar-refractivity contribution in [2.45, 2.75) is 38.1 Å². The van der Waals surface area contributed by atoms with Crippen LogP contribution in [-0.2, 0) is 16.1 Å². The highest BCUT2D eigenvalue weighted by Crippen LogP contribution is 2.29. The van der Waals surface area contributed by atoms with E-state index in [1.165, 1.54) is 11.8 Å². The predicted molar refractivity (Wildman–Crippen MR) is 96.8 cm³/mol. The Hall–Kier alpha value is -2.08. The maximum absolute atomic E-state index is 12.4. The summed E-state index contributed by atoms with van der Waals surface area (Å²) < 4.78 is -0.477. The molecule has 0 aliphatic carbocycles. The Labute approximate surface area is 145 Å². The molecule has 1 saturated heterocycles. The number of fused-ring (bicyclic) bond motifs is 1. The number of amides is 2. The first kappa shape index (κ1) is 16.8. The molecule has 2 amide bonds.